The van der Waals surface area contributed by atoms with Gasteiger partial charge in [0.2, 0.25) is 5.91 Å². The highest BCUT2D eigenvalue weighted by atomic mass is 16.7. The molecule has 3 amide bonds. The second-order valence-electron chi connectivity index (χ2n) is 28.6. The maximum Gasteiger partial charge on any atom is 0.335 e. The van der Waals surface area contributed by atoms with Gasteiger partial charge in [-0.1, -0.05) is 0 Å². The minimum absolute atomic E-state index is 0.0488. The number of hydrogen-bond donors (Lipinski definition) is 1. The number of carbonyl (C=O) groups is 5. The van der Waals surface area contributed by atoms with Crippen molar-refractivity contribution in [2.75, 3.05) is 482 Å². The monoisotopic (exact) mass is 1940 g/mol. The predicted octanol–water partition coefficient (Wildman–Crippen LogP) is 1.21. The summed E-state index contributed by atoms with van der Waals surface area (Å²) >= 11 is 0. The zero-order valence-electron chi connectivity index (χ0n) is 80.4. The summed E-state index contributed by atoms with van der Waals surface area (Å²) in [7, 11) is 0. The van der Waals surface area contributed by atoms with Gasteiger partial charge in [0, 0.05) is 32.2 Å². The smallest absolute Gasteiger partial charge is 0.335 e. The van der Waals surface area contributed by atoms with Crippen molar-refractivity contribution in [2.24, 2.45) is 0 Å². The maximum absolute atomic E-state index is 11.9. The molecule has 0 aliphatic carbocycles. The van der Waals surface area contributed by atoms with Crippen molar-refractivity contribution in [2.45, 2.75) is 64.9 Å². The molecule has 0 radical (unpaired) electrons. The molecule has 45 nitrogen and oxygen atoms in total. The normalized spacial score (nSPS) is 12.5. The highest BCUT2D eigenvalue weighted by Crippen LogP contribution is 2.13. The lowest BCUT2D eigenvalue weighted by molar-refractivity contribution is -0.198. The van der Waals surface area contributed by atoms with Crippen LogP contribution in [0.2, 0.25) is 0 Å². The fraction of sp³-hybridized carbons (Fsp3) is 0.943. The first-order valence-electron chi connectivity index (χ1n) is 46.9. The Balaban J connectivity index is 1.59. The van der Waals surface area contributed by atoms with Gasteiger partial charge in [0.15, 0.2) is 0 Å². The molecule has 45 heteroatoms. The van der Waals surface area contributed by atoms with Crippen molar-refractivity contribution in [1.29, 1.82) is 0 Å². The van der Waals surface area contributed by atoms with E-state index in [-0.39, 0.29) is 57.2 Å². The van der Waals surface area contributed by atoms with Crippen LogP contribution in [0.5, 0.6) is 0 Å². The van der Waals surface area contributed by atoms with Crippen LogP contribution in [0.1, 0.15) is 59.3 Å². The van der Waals surface area contributed by atoms with Gasteiger partial charge in [-0.2, -0.15) is 0 Å². The second kappa shape index (κ2) is 109. The Kier molecular flexibility index (Phi) is 104. The number of carbonyl (C=O) groups excluding carboxylic acids is 5. The lowest BCUT2D eigenvalue weighted by Gasteiger charge is -2.19. The van der Waals surface area contributed by atoms with E-state index in [1.807, 2.05) is 20.8 Å². The molecule has 1 heterocycles. The SMILES string of the molecule is CC(C)(C)OC(=O)CCCC(=O)NCCOCCOCCOCCOCCOCCOCCOCCOCCOCCOCCOCCOCCOCCOCCOCCOCCOCCOCCOCCOCCOCCOCCOCCOCCOCCOCCOCCOCCOCCOCCOCCOCCOCCOCCOCCOCCC(=O)ON1C(=O)CCC1=O. The average Bonchev–Trinajstić information content (AvgIpc) is 1.73. The molecule has 1 fully saturated rings. The van der Waals surface area contributed by atoms with Crippen LogP contribution in [0.4, 0.5) is 0 Å². The highest BCUT2D eigenvalue weighted by Gasteiger charge is 2.33. The quantitative estimate of drug-likeness (QED) is 0.0508. The summed E-state index contributed by atoms with van der Waals surface area (Å²) in [6, 6.07) is 0. The van der Waals surface area contributed by atoms with E-state index in [0.717, 1.165) is 0 Å². The van der Waals surface area contributed by atoms with Gasteiger partial charge < -0.3 is 185 Å². The number of esters is 1. The molecule has 0 saturated carbocycles. The first kappa shape index (κ1) is 127. The standard InChI is InChI=1S/C88H168N2O43/c1-88(2,3)132-86(94)6-4-5-83(91)89-10-12-97-14-16-99-18-20-101-22-24-103-26-28-105-30-32-107-34-36-109-38-40-111-42-44-113-46-48-115-50-52-117-54-56-119-58-60-121-62-64-123-66-68-125-70-72-127-74-76-129-78-80-131-82-81-130-79-77-128-75-73-126-71-69-124-67-65-122-63-61-120-59-57-118-55-53-116-51-49-114-47-45-112-43-41-110-39-37-108-35-33-106-31-29-104-27-25-102-23-21-100-19-17-98-15-13-96-11-9-87(95)133-90-84(92)7-8-85(90)93/h4-82H2,1-3H3,(H,89,91). The number of nitrogens with zero attached hydrogens (tertiary/aromatic N) is 1. The number of ether oxygens (including phenoxy) is 37. The van der Waals surface area contributed by atoms with E-state index >= 15 is 0 Å². The molecule has 1 aliphatic heterocycles. The molecule has 788 valence electrons. The summed E-state index contributed by atoms with van der Waals surface area (Å²) in [5.41, 5.74) is -0.524. The zero-order chi connectivity index (χ0) is 95.4. The lowest BCUT2D eigenvalue weighted by atomic mass is 10.2. The topological polar surface area (TPSA) is 451 Å². The molecule has 0 bridgehead atoms. The first-order chi connectivity index (χ1) is 65.6. The number of nitrogens with one attached hydrogen (secondary N) is 1. The van der Waals surface area contributed by atoms with Gasteiger partial charge in [-0.3, -0.25) is 19.2 Å². The van der Waals surface area contributed by atoms with Crippen molar-refractivity contribution in [3.8, 4) is 0 Å². The fourth-order valence-electron chi connectivity index (χ4n) is 9.90. The second-order valence-corrected chi connectivity index (χ2v) is 28.6. The van der Waals surface area contributed by atoms with E-state index in [1.54, 1.807) is 0 Å². The summed E-state index contributed by atoms with van der Waals surface area (Å²) in [5.74, 6) is -2.17. The van der Waals surface area contributed by atoms with Gasteiger partial charge in [0.1, 0.15) is 5.60 Å². The van der Waals surface area contributed by atoms with Gasteiger partial charge in [-0.05, 0) is 27.2 Å². The Hall–Kier alpha value is -3.89. The van der Waals surface area contributed by atoms with Gasteiger partial charge in [0.05, 0.1) is 482 Å². The summed E-state index contributed by atoms with van der Waals surface area (Å²) in [5, 5.41) is 3.28. The van der Waals surface area contributed by atoms with Crippen LogP contribution >= 0.6 is 0 Å². The number of imide groups is 1. The number of hydroxylamine groups is 2. The van der Waals surface area contributed by atoms with E-state index in [1.165, 1.54) is 0 Å². The van der Waals surface area contributed by atoms with Crippen molar-refractivity contribution < 1.29 is 204 Å². The van der Waals surface area contributed by atoms with Crippen LogP contribution in [-0.2, 0) is 204 Å². The van der Waals surface area contributed by atoms with Crippen LogP contribution < -0.4 is 5.32 Å². The van der Waals surface area contributed by atoms with Gasteiger partial charge in [0.25, 0.3) is 11.8 Å². The predicted molar refractivity (Wildman–Crippen MR) is 474 cm³/mol. The third kappa shape index (κ3) is 107. The van der Waals surface area contributed by atoms with E-state index in [0.29, 0.717) is 481 Å². The van der Waals surface area contributed by atoms with E-state index in [9.17, 15) is 24.0 Å². The minimum atomic E-state index is -0.708. The van der Waals surface area contributed by atoms with Gasteiger partial charge in [-0.15, -0.1) is 5.06 Å². The maximum atomic E-state index is 11.9. The van der Waals surface area contributed by atoms with Crippen molar-refractivity contribution in [3.05, 3.63) is 0 Å². The Labute approximate surface area is 788 Å². The molecule has 1 N–H and O–H groups in total. The first-order valence-corrected chi connectivity index (χ1v) is 46.9. The van der Waals surface area contributed by atoms with Gasteiger partial charge in [-0.25, -0.2) is 4.79 Å². The highest BCUT2D eigenvalue weighted by molar-refractivity contribution is 6.01. The van der Waals surface area contributed by atoms with Crippen LogP contribution in [-0.4, -0.2) is 523 Å². The molecule has 0 aromatic rings. The van der Waals surface area contributed by atoms with E-state index < -0.39 is 23.4 Å². The molecule has 1 rings (SSSR count). The summed E-state index contributed by atoms with van der Waals surface area (Å²) in [6.45, 7) is 38.2. The molecule has 0 aromatic heterocycles. The Morgan fingerprint density at radius 2 is 0.346 bits per heavy atom. The van der Waals surface area contributed by atoms with Crippen molar-refractivity contribution >= 4 is 29.7 Å². The molecule has 0 unspecified atom stereocenters. The summed E-state index contributed by atoms with van der Waals surface area (Å²) in [4.78, 5) is 63.0. The summed E-state index contributed by atoms with van der Waals surface area (Å²) in [6.07, 6.45) is 0.931. The number of hydrogen-bond acceptors (Lipinski definition) is 43. The largest absolute Gasteiger partial charge is 0.460 e. The molecule has 0 spiro atoms. The average molecular weight is 1940 g/mol. The third-order valence-corrected chi connectivity index (χ3v) is 16.4. The lowest BCUT2D eigenvalue weighted by Crippen LogP contribution is -2.32. The van der Waals surface area contributed by atoms with Crippen LogP contribution in [0, 0.1) is 0 Å². The molecule has 0 aromatic carbocycles. The molecule has 133 heavy (non-hydrogen) atoms. The molecule has 0 atom stereocenters. The Morgan fingerprint density at radius 1 is 0.203 bits per heavy atom. The van der Waals surface area contributed by atoms with E-state index in [2.05, 4.69) is 5.32 Å². The third-order valence-electron chi connectivity index (χ3n) is 16.4. The molecule has 1 saturated heterocycles. The minimum Gasteiger partial charge on any atom is -0.460 e. The Bertz CT molecular complexity index is 2330. The van der Waals surface area contributed by atoms with Crippen LogP contribution in [0.15, 0.2) is 0 Å². The number of amides is 3. The Morgan fingerprint density at radius 3 is 0.496 bits per heavy atom. The van der Waals surface area contributed by atoms with Gasteiger partial charge >= 0.3 is 11.9 Å². The van der Waals surface area contributed by atoms with Crippen LogP contribution in [0.25, 0.3) is 0 Å². The summed E-state index contributed by atoms with van der Waals surface area (Å²) < 4.78 is 204. The fourth-order valence-corrected chi connectivity index (χ4v) is 9.90. The molecule has 1 aliphatic rings. The molecular formula is C88H168N2O43. The zero-order valence-corrected chi connectivity index (χ0v) is 80.4. The van der Waals surface area contributed by atoms with Crippen molar-refractivity contribution in [1.82, 2.24) is 10.4 Å². The molecular weight excluding hydrogens is 1770 g/mol. The van der Waals surface area contributed by atoms with Crippen LogP contribution in [0.3, 0.4) is 0 Å². The van der Waals surface area contributed by atoms with E-state index in [4.69, 9.17) is 180 Å². The van der Waals surface area contributed by atoms with Crippen molar-refractivity contribution in [3.63, 3.8) is 0 Å². The number of rotatable bonds is 116.